The number of aryl methyl sites for hydroxylation is 1. The fraction of sp³-hybridized carbons (Fsp3) is 0.176. The van der Waals surface area contributed by atoms with Crippen LogP contribution in [-0.4, -0.2) is 25.5 Å². The van der Waals surface area contributed by atoms with Gasteiger partial charge in [0.25, 0.3) is 5.91 Å². The first-order valence-corrected chi connectivity index (χ1v) is 7.23. The van der Waals surface area contributed by atoms with Gasteiger partial charge in [-0.2, -0.15) is 5.10 Å². The second-order valence-electron chi connectivity index (χ2n) is 5.07. The zero-order valence-corrected chi connectivity index (χ0v) is 12.7. The van der Waals surface area contributed by atoms with E-state index in [0.717, 1.165) is 16.8 Å². The molecule has 2 N–H and O–H groups in total. The number of nitrogens with one attached hydrogen (secondary N) is 2. The molecule has 118 valence electrons. The van der Waals surface area contributed by atoms with Gasteiger partial charge in [0.1, 0.15) is 0 Å². The fourth-order valence-corrected chi connectivity index (χ4v) is 2.16. The van der Waals surface area contributed by atoms with Crippen molar-refractivity contribution < 1.29 is 14.3 Å². The Hall–Kier alpha value is -3.02. The lowest BCUT2D eigenvalue weighted by molar-refractivity contribution is -0.119. The number of carbonyl (C=O) groups is 1. The van der Waals surface area contributed by atoms with Gasteiger partial charge in [0, 0.05) is 5.69 Å². The molecule has 0 saturated heterocycles. The quantitative estimate of drug-likeness (QED) is 0.656. The Morgan fingerprint density at radius 3 is 2.91 bits per heavy atom. The predicted octanol–water partition coefficient (Wildman–Crippen LogP) is 2.29. The van der Waals surface area contributed by atoms with Gasteiger partial charge in [0.15, 0.2) is 11.5 Å². The molecule has 0 aromatic heterocycles. The third-order valence-electron chi connectivity index (χ3n) is 3.38. The van der Waals surface area contributed by atoms with Crippen LogP contribution >= 0.6 is 0 Å². The number of amides is 1. The number of rotatable bonds is 5. The Balaban J connectivity index is 1.50. The largest absolute Gasteiger partial charge is 0.454 e. The molecule has 6 heteroatoms. The van der Waals surface area contributed by atoms with Crippen LogP contribution in [0.3, 0.4) is 0 Å². The summed E-state index contributed by atoms with van der Waals surface area (Å²) >= 11 is 0. The smallest absolute Gasteiger partial charge is 0.259 e. The average Bonchev–Trinajstić information content (AvgIpc) is 3.02. The Morgan fingerprint density at radius 1 is 1.22 bits per heavy atom. The second-order valence-corrected chi connectivity index (χ2v) is 5.07. The molecule has 1 amide bonds. The van der Waals surface area contributed by atoms with E-state index in [1.54, 1.807) is 6.21 Å². The van der Waals surface area contributed by atoms with Crippen molar-refractivity contribution in [3.63, 3.8) is 0 Å². The molecule has 0 spiro atoms. The number of carbonyl (C=O) groups excluding carboxylic acids is 1. The summed E-state index contributed by atoms with van der Waals surface area (Å²) in [4.78, 5) is 11.8. The molecule has 2 aromatic carbocycles. The third-order valence-corrected chi connectivity index (χ3v) is 3.38. The normalized spacial score (nSPS) is 12.4. The summed E-state index contributed by atoms with van der Waals surface area (Å²) in [5.41, 5.74) is 5.33. The Labute approximate surface area is 134 Å². The van der Waals surface area contributed by atoms with Crippen LogP contribution in [0.1, 0.15) is 11.1 Å². The van der Waals surface area contributed by atoms with Crippen LogP contribution < -0.4 is 20.2 Å². The van der Waals surface area contributed by atoms with Gasteiger partial charge < -0.3 is 14.8 Å². The minimum Gasteiger partial charge on any atom is -0.454 e. The first kappa shape index (κ1) is 14.9. The standard InChI is InChI=1S/C17H17N3O3/c1-12-4-2-3-5-14(12)18-10-17(21)20-19-9-13-6-7-15-16(8-13)23-11-22-15/h2-9,18H,10-11H2,1H3,(H,20,21)/b19-9+. The number of hydrazone groups is 1. The summed E-state index contributed by atoms with van der Waals surface area (Å²) in [6, 6.07) is 13.3. The maximum atomic E-state index is 11.8. The van der Waals surface area contributed by atoms with Crippen molar-refractivity contribution in [2.75, 3.05) is 18.7 Å². The van der Waals surface area contributed by atoms with Crippen LogP contribution in [0.5, 0.6) is 11.5 Å². The highest BCUT2D eigenvalue weighted by atomic mass is 16.7. The van der Waals surface area contributed by atoms with E-state index < -0.39 is 0 Å². The van der Waals surface area contributed by atoms with E-state index in [9.17, 15) is 4.79 Å². The molecule has 0 aliphatic carbocycles. The molecule has 0 bridgehead atoms. The molecule has 0 unspecified atom stereocenters. The van der Waals surface area contributed by atoms with Crippen LogP contribution in [0.2, 0.25) is 0 Å². The molecule has 2 aromatic rings. The lowest BCUT2D eigenvalue weighted by Crippen LogP contribution is -2.26. The topological polar surface area (TPSA) is 72.0 Å². The summed E-state index contributed by atoms with van der Waals surface area (Å²) in [5, 5.41) is 7.01. The molecule has 0 atom stereocenters. The number of benzene rings is 2. The van der Waals surface area contributed by atoms with Gasteiger partial charge in [0.05, 0.1) is 12.8 Å². The van der Waals surface area contributed by atoms with Gasteiger partial charge in [0.2, 0.25) is 6.79 Å². The maximum absolute atomic E-state index is 11.8. The molecular weight excluding hydrogens is 294 g/mol. The van der Waals surface area contributed by atoms with Crippen molar-refractivity contribution in [1.82, 2.24) is 5.43 Å². The lowest BCUT2D eigenvalue weighted by atomic mass is 10.2. The number of fused-ring (bicyclic) bond motifs is 1. The minimum atomic E-state index is -0.217. The van der Waals surface area contributed by atoms with Gasteiger partial charge in [-0.3, -0.25) is 4.79 Å². The van der Waals surface area contributed by atoms with E-state index in [1.165, 1.54) is 0 Å². The lowest BCUT2D eigenvalue weighted by Gasteiger charge is -2.07. The highest BCUT2D eigenvalue weighted by molar-refractivity contribution is 5.85. The van der Waals surface area contributed by atoms with Gasteiger partial charge in [-0.1, -0.05) is 18.2 Å². The Morgan fingerprint density at radius 2 is 2.04 bits per heavy atom. The number of para-hydroxylation sites is 1. The molecule has 1 heterocycles. The van der Waals surface area contributed by atoms with Crippen LogP contribution in [0.15, 0.2) is 47.6 Å². The molecule has 1 aliphatic heterocycles. The van der Waals surface area contributed by atoms with E-state index in [1.807, 2.05) is 49.4 Å². The van der Waals surface area contributed by atoms with Crippen LogP contribution in [0.25, 0.3) is 0 Å². The summed E-state index contributed by atoms with van der Waals surface area (Å²) < 4.78 is 10.5. The summed E-state index contributed by atoms with van der Waals surface area (Å²) in [5.74, 6) is 1.18. The first-order chi connectivity index (χ1) is 11.2. The van der Waals surface area contributed by atoms with Crippen molar-refractivity contribution in [2.24, 2.45) is 5.10 Å². The van der Waals surface area contributed by atoms with Crippen molar-refractivity contribution in [2.45, 2.75) is 6.92 Å². The Bertz CT molecular complexity index is 744. The molecular formula is C17H17N3O3. The predicted molar refractivity (Wildman–Crippen MR) is 88.0 cm³/mol. The van der Waals surface area contributed by atoms with Crippen molar-refractivity contribution in [1.29, 1.82) is 0 Å². The average molecular weight is 311 g/mol. The van der Waals surface area contributed by atoms with E-state index >= 15 is 0 Å². The zero-order valence-electron chi connectivity index (χ0n) is 12.7. The van der Waals surface area contributed by atoms with Crippen LogP contribution in [0, 0.1) is 6.92 Å². The van der Waals surface area contributed by atoms with E-state index in [2.05, 4.69) is 15.8 Å². The highest BCUT2D eigenvalue weighted by Gasteiger charge is 2.12. The van der Waals surface area contributed by atoms with Crippen molar-refractivity contribution in [3.05, 3.63) is 53.6 Å². The molecule has 6 nitrogen and oxygen atoms in total. The van der Waals surface area contributed by atoms with Gasteiger partial charge in [-0.05, 0) is 42.3 Å². The molecule has 1 aliphatic rings. The van der Waals surface area contributed by atoms with E-state index in [4.69, 9.17) is 9.47 Å². The number of nitrogens with zero attached hydrogens (tertiary/aromatic N) is 1. The number of hydrogen-bond donors (Lipinski definition) is 2. The third kappa shape index (κ3) is 3.79. The first-order valence-electron chi connectivity index (χ1n) is 7.23. The zero-order chi connectivity index (χ0) is 16.1. The van der Waals surface area contributed by atoms with E-state index in [0.29, 0.717) is 11.5 Å². The molecule has 0 saturated carbocycles. The summed E-state index contributed by atoms with van der Waals surface area (Å²) in [6.07, 6.45) is 1.56. The summed E-state index contributed by atoms with van der Waals surface area (Å²) in [6.45, 7) is 2.37. The number of anilines is 1. The van der Waals surface area contributed by atoms with Gasteiger partial charge in [-0.15, -0.1) is 0 Å². The Kier molecular flexibility index (Phi) is 4.42. The fourth-order valence-electron chi connectivity index (χ4n) is 2.16. The van der Waals surface area contributed by atoms with E-state index in [-0.39, 0.29) is 19.2 Å². The van der Waals surface area contributed by atoms with Crippen LogP contribution in [-0.2, 0) is 4.79 Å². The molecule has 0 radical (unpaired) electrons. The second kappa shape index (κ2) is 6.83. The van der Waals surface area contributed by atoms with Gasteiger partial charge in [-0.25, -0.2) is 5.43 Å². The van der Waals surface area contributed by atoms with Crippen molar-refractivity contribution >= 4 is 17.8 Å². The molecule has 0 fully saturated rings. The van der Waals surface area contributed by atoms with Crippen LogP contribution in [0.4, 0.5) is 5.69 Å². The number of ether oxygens (including phenoxy) is 2. The summed E-state index contributed by atoms with van der Waals surface area (Å²) in [7, 11) is 0. The SMILES string of the molecule is Cc1ccccc1NCC(=O)N/N=C/c1ccc2c(c1)OCO2. The molecule has 3 rings (SSSR count). The number of hydrogen-bond acceptors (Lipinski definition) is 5. The minimum absolute atomic E-state index is 0.156. The highest BCUT2D eigenvalue weighted by Crippen LogP contribution is 2.31. The van der Waals surface area contributed by atoms with Crippen molar-refractivity contribution in [3.8, 4) is 11.5 Å². The monoisotopic (exact) mass is 311 g/mol. The van der Waals surface area contributed by atoms with Gasteiger partial charge >= 0.3 is 0 Å². The maximum Gasteiger partial charge on any atom is 0.259 e. The molecule has 23 heavy (non-hydrogen) atoms.